The van der Waals surface area contributed by atoms with E-state index in [4.69, 9.17) is 5.11 Å². The number of nitrogens with one attached hydrogen (secondary N) is 2. The zero-order chi connectivity index (χ0) is 19.9. The van der Waals surface area contributed by atoms with Crippen LogP contribution in [0.2, 0.25) is 0 Å². The van der Waals surface area contributed by atoms with E-state index < -0.39 is 12.0 Å². The Hall–Kier alpha value is -2.86. The normalized spacial score (nSPS) is 16.9. The topological polar surface area (TPSA) is 78.4 Å². The molecule has 0 saturated heterocycles. The molecule has 0 aliphatic heterocycles. The van der Waals surface area contributed by atoms with Gasteiger partial charge in [0.05, 0.1) is 5.69 Å². The zero-order valence-electron chi connectivity index (χ0n) is 15.7. The second-order valence-electron chi connectivity index (χ2n) is 6.83. The Morgan fingerprint density at radius 3 is 2.75 bits per heavy atom. The van der Waals surface area contributed by atoms with E-state index in [1.54, 1.807) is 11.4 Å². The third-order valence-corrected chi connectivity index (χ3v) is 5.82. The Morgan fingerprint density at radius 1 is 1.25 bits per heavy atom. The Kier molecular flexibility index (Phi) is 6.66. The molecule has 146 valence electrons. The van der Waals surface area contributed by atoms with E-state index in [2.05, 4.69) is 47.9 Å². The number of hydrogen-bond donors (Lipinski definition) is 3. The average Bonchev–Trinajstić information content (AvgIpc) is 3.15. The van der Waals surface area contributed by atoms with Crippen LogP contribution in [0.25, 0.3) is 0 Å². The van der Waals surface area contributed by atoms with Gasteiger partial charge in [0.15, 0.2) is 0 Å². The van der Waals surface area contributed by atoms with Gasteiger partial charge < -0.3 is 15.7 Å². The lowest BCUT2D eigenvalue weighted by molar-refractivity contribution is 0.0703. The second kappa shape index (κ2) is 9.37. The van der Waals surface area contributed by atoms with Crippen LogP contribution < -0.4 is 10.6 Å². The summed E-state index contributed by atoms with van der Waals surface area (Å²) in [6, 6.07) is 11.5. The molecule has 1 heterocycles. The van der Waals surface area contributed by atoms with Crippen LogP contribution in [0.4, 0.5) is 10.5 Å². The maximum Gasteiger partial charge on any atom is 0.348 e. The molecule has 1 aromatic carbocycles. The summed E-state index contributed by atoms with van der Waals surface area (Å²) >= 11 is 1.09. The molecular weight excluding hydrogens is 372 g/mol. The number of allylic oxidation sites excluding steroid dienone is 4. The molecule has 6 heteroatoms. The van der Waals surface area contributed by atoms with Crippen LogP contribution in [0.15, 0.2) is 65.6 Å². The summed E-state index contributed by atoms with van der Waals surface area (Å²) in [4.78, 5) is 23.5. The lowest BCUT2D eigenvalue weighted by Crippen LogP contribution is -2.31. The van der Waals surface area contributed by atoms with Gasteiger partial charge in [0.1, 0.15) is 4.88 Å². The largest absolute Gasteiger partial charge is 0.477 e. The highest BCUT2D eigenvalue weighted by Crippen LogP contribution is 2.35. The first-order valence-electron chi connectivity index (χ1n) is 9.33. The Bertz CT molecular complexity index is 886. The molecule has 1 aliphatic rings. The fraction of sp³-hybridized carbons (Fsp3) is 0.273. The molecule has 2 unspecified atom stereocenters. The van der Waals surface area contributed by atoms with Crippen molar-refractivity contribution in [3.05, 3.63) is 76.0 Å². The second-order valence-corrected chi connectivity index (χ2v) is 7.75. The summed E-state index contributed by atoms with van der Waals surface area (Å²) in [5.41, 5.74) is 2.94. The molecular formula is C22H24N2O3S. The van der Waals surface area contributed by atoms with E-state index in [-0.39, 0.29) is 10.8 Å². The summed E-state index contributed by atoms with van der Waals surface area (Å²) in [5, 5.41) is 16.3. The highest BCUT2D eigenvalue weighted by atomic mass is 32.1. The van der Waals surface area contributed by atoms with Crippen LogP contribution in [0.3, 0.4) is 0 Å². The predicted octanol–water partition coefficient (Wildman–Crippen LogP) is 5.26. The van der Waals surface area contributed by atoms with Gasteiger partial charge in [0.25, 0.3) is 0 Å². The Labute approximate surface area is 168 Å². The third kappa shape index (κ3) is 4.89. The molecule has 2 aromatic rings. The van der Waals surface area contributed by atoms with Gasteiger partial charge in [-0.2, -0.15) is 0 Å². The standard InChI is InChI=1S/C22H24N2O3S/c1-15-7-5-6-10-17(15)18(16-8-3-2-4-9-16)11-13-23-22(27)24-19-12-14-28-20(19)21(25)26/h2-6,8-10,12,14-15,18H,7,11,13H2,1H3,(H,25,26)(H2,23,24,27). The van der Waals surface area contributed by atoms with Crippen molar-refractivity contribution in [2.75, 3.05) is 11.9 Å². The monoisotopic (exact) mass is 396 g/mol. The van der Waals surface area contributed by atoms with Gasteiger partial charge in [-0.1, -0.05) is 61.1 Å². The van der Waals surface area contributed by atoms with Gasteiger partial charge in [-0.25, -0.2) is 9.59 Å². The van der Waals surface area contributed by atoms with Crippen LogP contribution >= 0.6 is 11.3 Å². The van der Waals surface area contributed by atoms with Crippen molar-refractivity contribution in [1.82, 2.24) is 5.32 Å². The Morgan fingerprint density at radius 2 is 2.04 bits per heavy atom. The van der Waals surface area contributed by atoms with Gasteiger partial charge in [0, 0.05) is 12.5 Å². The molecule has 28 heavy (non-hydrogen) atoms. The molecule has 3 N–H and O–H groups in total. The first-order chi connectivity index (χ1) is 13.6. The van der Waals surface area contributed by atoms with E-state index in [1.807, 2.05) is 18.2 Å². The maximum atomic E-state index is 12.2. The molecule has 0 bridgehead atoms. The number of aromatic carboxylic acids is 1. The quantitative estimate of drug-likeness (QED) is 0.597. The number of thiophene rings is 1. The lowest BCUT2D eigenvalue weighted by atomic mass is 9.79. The van der Waals surface area contributed by atoms with Crippen molar-refractivity contribution in [3.8, 4) is 0 Å². The molecule has 5 nitrogen and oxygen atoms in total. The van der Waals surface area contributed by atoms with Gasteiger partial charge in [-0.15, -0.1) is 11.3 Å². The number of amides is 2. The minimum absolute atomic E-state index is 0.130. The van der Waals surface area contributed by atoms with Crippen LogP contribution in [0.5, 0.6) is 0 Å². The average molecular weight is 397 g/mol. The van der Waals surface area contributed by atoms with Crippen LogP contribution in [-0.2, 0) is 0 Å². The lowest BCUT2D eigenvalue weighted by Gasteiger charge is -2.27. The predicted molar refractivity (Wildman–Crippen MR) is 113 cm³/mol. The number of hydrogen-bond acceptors (Lipinski definition) is 3. The first kappa shape index (κ1) is 19.9. The SMILES string of the molecule is CC1CC=CC=C1C(CCNC(=O)Nc1ccsc1C(=O)O)c1ccccc1. The summed E-state index contributed by atoms with van der Waals surface area (Å²) in [7, 11) is 0. The number of urea groups is 1. The first-order valence-corrected chi connectivity index (χ1v) is 10.2. The molecule has 3 rings (SSSR count). The van der Waals surface area contributed by atoms with Crippen molar-refractivity contribution in [1.29, 1.82) is 0 Å². The van der Waals surface area contributed by atoms with Gasteiger partial charge in [-0.3, -0.25) is 0 Å². The molecule has 2 amide bonds. The van der Waals surface area contributed by atoms with Gasteiger partial charge in [0.2, 0.25) is 0 Å². The minimum Gasteiger partial charge on any atom is -0.477 e. The van der Waals surface area contributed by atoms with E-state index in [0.717, 1.165) is 24.2 Å². The number of benzene rings is 1. The van der Waals surface area contributed by atoms with E-state index in [0.29, 0.717) is 18.2 Å². The molecule has 0 spiro atoms. The van der Waals surface area contributed by atoms with Crippen LogP contribution in [-0.4, -0.2) is 23.7 Å². The van der Waals surface area contributed by atoms with Crippen LogP contribution in [0.1, 0.15) is 40.9 Å². The van der Waals surface area contributed by atoms with Crippen molar-refractivity contribution >= 4 is 29.0 Å². The molecule has 2 atom stereocenters. The molecule has 1 aliphatic carbocycles. The molecule has 0 radical (unpaired) electrons. The summed E-state index contributed by atoms with van der Waals surface area (Å²) in [5.74, 6) is -0.342. The van der Waals surface area contributed by atoms with Crippen molar-refractivity contribution < 1.29 is 14.7 Å². The number of carbonyl (C=O) groups is 2. The minimum atomic E-state index is -1.04. The Balaban J connectivity index is 1.63. The summed E-state index contributed by atoms with van der Waals surface area (Å²) in [6.07, 6.45) is 8.28. The zero-order valence-corrected chi connectivity index (χ0v) is 16.5. The number of carbonyl (C=O) groups excluding carboxylic acids is 1. The smallest absolute Gasteiger partial charge is 0.348 e. The van der Waals surface area contributed by atoms with Crippen molar-refractivity contribution in [2.24, 2.45) is 5.92 Å². The van der Waals surface area contributed by atoms with E-state index >= 15 is 0 Å². The summed E-state index contributed by atoms with van der Waals surface area (Å²) < 4.78 is 0. The molecule has 1 aromatic heterocycles. The molecule has 0 fully saturated rings. The highest BCUT2D eigenvalue weighted by Gasteiger charge is 2.22. The van der Waals surface area contributed by atoms with Crippen molar-refractivity contribution in [2.45, 2.75) is 25.7 Å². The van der Waals surface area contributed by atoms with E-state index in [1.165, 1.54) is 11.1 Å². The summed E-state index contributed by atoms with van der Waals surface area (Å²) in [6.45, 7) is 2.72. The van der Waals surface area contributed by atoms with Crippen molar-refractivity contribution in [3.63, 3.8) is 0 Å². The fourth-order valence-electron chi connectivity index (χ4n) is 3.50. The van der Waals surface area contributed by atoms with Crippen LogP contribution in [0, 0.1) is 5.92 Å². The number of carboxylic acids is 1. The number of carboxylic acid groups (broad SMARTS) is 1. The number of rotatable bonds is 7. The van der Waals surface area contributed by atoms with Gasteiger partial charge >= 0.3 is 12.0 Å². The molecule has 0 saturated carbocycles. The van der Waals surface area contributed by atoms with E-state index in [9.17, 15) is 9.59 Å². The number of anilines is 1. The highest BCUT2D eigenvalue weighted by molar-refractivity contribution is 7.12. The fourth-order valence-corrected chi connectivity index (χ4v) is 4.19. The van der Waals surface area contributed by atoms with Gasteiger partial charge in [-0.05, 0) is 35.8 Å². The maximum absolute atomic E-state index is 12.2. The third-order valence-electron chi connectivity index (χ3n) is 4.91.